The third-order valence-electron chi connectivity index (χ3n) is 3.53. The molecule has 1 aliphatic rings. The highest BCUT2D eigenvalue weighted by Crippen LogP contribution is 2.21. The first kappa shape index (κ1) is 18.5. The number of nitrogens with one attached hydrogen (secondary N) is 1. The molecule has 1 unspecified atom stereocenters. The van der Waals surface area contributed by atoms with E-state index in [1.807, 2.05) is 0 Å². The van der Waals surface area contributed by atoms with Crippen LogP contribution in [0.3, 0.4) is 0 Å². The number of carbonyl (C=O) groups is 2. The third-order valence-corrected chi connectivity index (χ3v) is 3.53. The molecule has 1 atom stereocenters. The average molecular weight is 321 g/mol. The van der Waals surface area contributed by atoms with Crippen molar-refractivity contribution in [2.75, 3.05) is 39.8 Å². The van der Waals surface area contributed by atoms with E-state index in [0.717, 1.165) is 12.5 Å². The summed E-state index contributed by atoms with van der Waals surface area (Å²) in [6.45, 7) is 3.40. The van der Waals surface area contributed by atoms with Crippen molar-refractivity contribution in [3.63, 3.8) is 0 Å². The second-order valence-electron chi connectivity index (χ2n) is 5.56. The first-order valence-corrected chi connectivity index (χ1v) is 7.14. The molecule has 1 rings (SSSR count). The fourth-order valence-electron chi connectivity index (χ4n) is 2.48. The maximum Gasteiger partial charge on any atom is 0.401 e. The Kier molecular flexibility index (Phi) is 6.86. The molecule has 2 amide bonds. The topological polar surface area (TPSA) is 52.7 Å². The van der Waals surface area contributed by atoms with E-state index in [4.69, 9.17) is 0 Å². The molecule has 0 aromatic heterocycles. The third kappa shape index (κ3) is 6.93. The van der Waals surface area contributed by atoms with Crippen LogP contribution in [0.4, 0.5) is 13.2 Å². The normalized spacial score (nSPS) is 19.5. The van der Waals surface area contributed by atoms with Crippen molar-refractivity contribution < 1.29 is 22.8 Å². The minimum Gasteiger partial charge on any atom is -0.354 e. The van der Waals surface area contributed by atoms with Crippen LogP contribution in [0, 0.1) is 5.92 Å². The summed E-state index contributed by atoms with van der Waals surface area (Å²) in [6.07, 6.45) is -1.61. The van der Waals surface area contributed by atoms with E-state index in [0.29, 0.717) is 26.1 Å². The van der Waals surface area contributed by atoms with Gasteiger partial charge in [0.25, 0.3) is 0 Å². The molecule has 0 bridgehead atoms. The van der Waals surface area contributed by atoms with Gasteiger partial charge in [0.15, 0.2) is 0 Å². The number of likely N-dealkylation sites (N-methyl/N-ethyl adjacent to an activating group) is 1. The first-order chi connectivity index (χ1) is 10.2. The van der Waals surface area contributed by atoms with Crippen LogP contribution >= 0.6 is 0 Å². The van der Waals surface area contributed by atoms with Gasteiger partial charge in [0, 0.05) is 20.1 Å². The van der Waals surface area contributed by atoms with Gasteiger partial charge >= 0.3 is 6.18 Å². The van der Waals surface area contributed by atoms with Crippen LogP contribution in [0.5, 0.6) is 0 Å². The molecule has 0 aromatic rings. The van der Waals surface area contributed by atoms with Crippen molar-refractivity contribution in [2.24, 2.45) is 5.92 Å². The zero-order valence-electron chi connectivity index (χ0n) is 12.7. The zero-order chi connectivity index (χ0) is 16.8. The number of rotatable bonds is 6. The number of amides is 2. The summed E-state index contributed by atoms with van der Waals surface area (Å²) in [5, 5.41) is 2.67. The maximum atomic E-state index is 12.4. The highest BCUT2D eigenvalue weighted by Gasteiger charge is 2.33. The fraction of sp³-hybridized carbons (Fsp3) is 0.714. The van der Waals surface area contributed by atoms with Crippen LogP contribution in [-0.4, -0.2) is 67.6 Å². The summed E-state index contributed by atoms with van der Waals surface area (Å²) in [7, 11) is 1.48. The van der Waals surface area contributed by atoms with E-state index in [2.05, 4.69) is 11.9 Å². The van der Waals surface area contributed by atoms with Crippen molar-refractivity contribution in [3.8, 4) is 0 Å². The van der Waals surface area contributed by atoms with Gasteiger partial charge in [-0.3, -0.25) is 14.5 Å². The SMILES string of the molecule is C=CC(=O)N(C)CC(=O)NCC1CCCN(CC(F)(F)F)C1. The molecule has 1 N–H and O–H groups in total. The summed E-state index contributed by atoms with van der Waals surface area (Å²) >= 11 is 0. The molecule has 0 aromatic carbocycles. The quantitative estimate of drug-likeness (QED) is 0.743. The summed E-state index contributed by atoms with van der Waals surface area (Å²) < 4.78 is 37.1. The summed E-state index contributed by atoms with van der Waals surface area (Å²) in [5.74, 6) is -0.685. The number of carbonyl (C=O) groups excluding carboxylic acids is 2. The summed E-state index contributed by atoms with van der Waals surface area (Å²) in [6, 6.07) is 0. The summed E-state index contributed by atoms with van der Waals surface area (Å²) in [5.41, 5.74) is 0. The predicted octanol–water partition coefficient (Wildman–Crippen LogP) is 1.02. The lowest BCUT2D eigenvalue weighted by Gasteiger charge is -2.33. The minimum atomic E-state index is -4.20. The van der Waals surface area contributed by atoms with Crippen LogP contribution in [0.25, 0.3) is 0 Å². The minimum absolute atomic E-state index is 0.000428. The van der Waals surface area contributed by atoms with Gasteiger partial charge in [-0.25, -0.2) is 0 Å². The first-order valence-electron chi connectivity index (χ1n) is 7.14. The predicted molar refractivity (Wildman–Crippen MR) is 76.1 cm³/mol. The molecule has 22 heavy (non-hydrogen) atoms. The number of alkyl halides is 3. The van der Waals surface area contributed by atoms with Crippen molar-refractivity contribution in [2.45, 2.75) is 19.0 Å². The van der Waals surface area contributed by atoms with Crippen LogP contribution in [0.15, 0.2) is 12.7 Å². The molecule has 0 saturated carbocycles. The van der Waals surface area contributed by atoms with Gasteiger partial charge in [-0.15, -0.1) is 0 Å². The molecule has 8 heteroatoms. The molecular weight excluding hydrogens is 299 g/mol. The fourth-order valence-corrected chi connectivity index (χ4v) is 2.48. The second kappa shape index (κ2) is 8.17. The Morgan fingerprint density at radius 2 is 2.14 bits per heavy atom. The molecule has 0 spiro atoms. The van der Waals surface area contributed by atoms with Crippen molar-refractivity contribution in [3.05, 3.63) is 12.7 Å². The van der Waals surface area contributed by atoms with Gasteiger partial charge in [-0.05, 0) is 31.4 Å². The molecule has 0 aliphatic carbocycles. The van der Waals surface area contributed by atoms with Crippen molar-refractivity contribution in [1.29, 1.82) is 0 Å². The van der Waals surface area contributed by atoms with Crippen LogP contribution in [0.2, 0.25) is 0 Å². The number of hydrogen-bond donors (Lipinski definition) is 1. The Morgan fingerprint density at radius 1 is 1.45 bits per heavy atom. The molecule has 126 valence electrons. The maximum absolute atomic E-state index is 12.4. The number of halogens is 3. The van der Waals surface area contributed by atoms with E-state index in [-0.39, 0.29) is 24.3 Å². The zero-order valence-corrected chi connectivity index (χ0v) is 12.7. The molecule has 5 nitrogen and oxygen atoms in total. The second-order valence-corrected chi connectivity index (χ2v) is 5.56. The number of hydrogen-bond acceptors (Lipinski definition) is 3. The van der Waals surface area contributed by atoms with Gasteiger partial charge in [-0.1, -0.05) is 6.58 Å². The Bertz CT molecular complexity index is 413. The lowest BCUT2D eigenvalue weighted by molar-refractivity contribution is -0.149. The standard InChI is InChI=1S/C14H22F3N3O2/c1-3-13(22)19(2)9-12(21)18-7-11-5-4-6-20(8-11)10-14(15,16)17/h3,11H,1,4-10H2,2H3,(H,18,21). The molecule has 1 aliphatic heterocycles. The van der Waals surface area contributed by atoms with Crippen molar-refractivity contribution >= 4 is 11.8 Å². The van der Waals surface area contributed by atoms with E-state index in [9.17, 15) is 22.8 Å². The van der Waals surface area contributed by atoms with Gasteiger partial charge in [0.1, 0.15) is 0 Å². The van der Waals surface area contributed by atoms with Crippen molar-refractivity contribution in [1.82, 2.24) is 15.1 Å². The molecular formula is C14H22F3N3O2. The lowest BCUT2D eigenvalue weighted by atomic mass is 9.98. The summed E-state index contributed by atoms with van der Waals surface area (Å²) in [4.78, 5) is 25.5. The number of nitrogens with zero attached hydrogens (tertiary/aromatic N) is 2. The Balaban J connectivity index is 2.33. The Hall–Kier alpha value is -1.57. The number of likely N-dealkylation sites (tertiary alicyclic amines) is 1. The van der Waals surface area contributed by atoms with Gasteiger partial charge < -0.3 is 10.2 Å². The monoisotopic (exact) mass is 321 g/mol. The number of piperidine rings is 1. The Labute approximate surface area is 128 Å². The largest absolute Gasteiger partial charge is 0.401 e. The molecule has 1 fully saturated rings. The highest BCUT2D eigenvalue weighted by atomic mass is 19.4. The van der Waals surface area contributed by atoms with E-state index in [1.165, 1.54) is 16.8 Å². The van der Waals surface area contributed by atoms with E-state index in [1.54, 1.807) is 0 Å². The van der Waals surface area contributed by atoms with Crippen LogP contribution in [-0.2, 0) is 9.59 Å². The van der Waals surface area contributed by atoms with Gasteiger partial charge in [0.05, 0.1) is 13.1 Å². The van der Waals surface area contributed by atoms with Crippen LogP contribution in [0.1, 0.15) is 12.8 Å². The van der Waals surface area contributed by atoms with Gasteiger partial charge in [0.2, 0.25) is 11.8 Å². The molecule has 1 heterocycles. The highest BCUT2D eigenvalue weighted by molar-refractivity contribution is 5.90. The van der Waals surface area contributed by atoms with Gasteiger partial charge in [-0.2, -0.15) is 13.2 Å². The average Bonchev–Trinajstić information content (AvgIpc) is 2.42. The molecule has 1 saturated heterocycles. The Morgan fingerprint density at radius 3 is 2.73 bits per heavy atom. The molecule has 0 radical (unpaired) electrons. The lowest BCUT2D eigenvalue weighted by Crippen LogP contribution is -2.45. The van der Waals surface area contributed by atoms with Crippen LogP contribution < -0.4 is 5.32 Å². The van der Waals surface area contributed by atoms with E-state index < -0.39 is 12.7 Å². The smallest absolute Gasteiger partial charge is 0.354 e. The van der Waals surface area contributed by atoms with E-state index >= 15 is 0 Å².